The summed E-state index contributed by atoms with van der Waals surface area (Å²) in [6.45, 7) is 3.10. The number of halogens is 2. The molecule has 1 amide bonds. The number of carbonyl (C=O) groups excluding carboxylic acids is 1. The molecule has 0 atom stereocenters. The normalized spacial score (nSPS) is 14.6. The van der Waals surface area contributed by atoms with E-state index in [9.17, 15) is 4.79 Å². The van der Waals surface area contributed by atoms with Gasteiger partial charge in [-0.25, -0.2) is 0 Å². The van der Waals surface area contributed by atoms with Crippen LogP contribution in [0.25, 0.3) is 0 Å². The molecule has 0 aromatic heterocycles. The maximum Gasteiger partial charge on any atom is 0.256 e. The Morgan fingerprint density at radius 1 is 1.17 bits per heavy atom. The fourth-order valence-corrected chi connectivity index (χ4v) is 3.46. The summed E-state index contributed by atoms with van der Waals surface area (Å²) in [5, 5.41) is 3.05. The molecule has 0 spiro atoms. The van der Waals surface area contributed by atoms with Gasteiger partial charge in [0, 0.05) is 21.1 Å². The molecule has 4 nitrogen and oxygen atoms in total. The summed E-state index contributed by atoms with van der Waals surface area (Å²) in [7, 11) is 0. The molecule has 1 aliphatic heterocycles. The zero-order valence-corrected chi connectivity index (χ0v) is 16.1. The van der Waals surface area contributed by atoms with E-state index < -0.39 is 0 Å². The third kappa shape index (κ3) is 4.05. The van der Waals surface area contributed by atoms with Crippen LogP contribution in [0.3, 0.4) is 0 Å². The van der Waals surface area contributed by atoms with E-state index in [-0.39, 0.29) is 5.91 Å². The molecular formula is C17H16BrIN2O2. The van der Waals surface area contributed by atoms with Crippen molar-refractivity contribution in [3.63, 3.8) is 0 Å². The molecule has 1 saturated heterocycles. The smallest absolute Gasteiger partial charge is 0.256 e. The van der Waals surface area contributed by atoms with E-state index in [2.05, 4.69) is 48.7 Å². The van der Waals surface area contributed by atoms with Crippen molar-refractivity contribution in [3.8, 4) is 0 Å². The standard InChI is InChI=1S/C17H16BrIN2O2/c18-12-5-6-14(19)13(11-12)17(22)20-15-3-1-2-4-16(15)21-7-9-23-10-8-21/h1-6,11H,7-10H2,(H,20,22). The van der Waals surface area contributed by atoms with Gasteiger partial charge in [0.05, 0.1) is 30.2 Å². The summed E-state index contributed by atoms with van der Waals surface area (Å²) in [6.07, 6.45) is 0. The highest BCUT2D eigenvalue weighted by atomic mass is 127. The lowest BCUT2D eigenvalue weighted by atomic mass is 10.2. The first-order valence-electron chi connectivity index (χ1n) is 7.33. The predicted octanol–water partition coefficient (Wildman–Crippen LogP) is 4.14. The number of nitrogens with zero attached hydrogens (tertiary/aromatic N) is 1. The number of rotatable bonds is 3. The van der Waals surface area contributed by atoms with Crippen LogP contribution in [0.1, 0.15) is 10.4 Å². The van der Waals surface area contributed by atoms with Crippen LogP contribution in [0.2, 0.25) is 0 Å². The first-order valence-corrected chi connectivity index (χ1v) is 9.20. The van der Waals surface area contributed by atoms with Crippen LogP contribution in [-0.4, -0.2) is 32.2 Å². The van der Waals surface area contributed by atoms with Crippen LogP contribution in [-0.2, 0) is 4.74 Å². The summed E-state index contributed by atoms with van der Waals surface area (Å²) in [4.78, 5) is 14.9. The maximum atomic E-state index is 12.6. The Balaban J connectivity index is 1.85. The average molecular weight is 487 g/mol. The minimum atomic E-state index is -0.101. The van der Waals surface area contributed by atoms with Gasteiger partial charge in [-0.3, -0.25) is 4.79 Å². The second-order valence-corrected chi connectivity index (χ2v) is 7.27. The predicted molar refractivity (Wildman–Crippen MR) is 104 cm³/mol. The highest BCUT2D eigenvalue weighted by Gasteiger charge is 2.17. The van der Waals surface area contributed by atoms with Gasteiger partial charge in [0.15, 0.2) is 0 Å². The summed E-state index contributed by atoms with van der Waals surface area (Å²) in [5.41, 5.74) is 2.53. The van der Waals surface area contributed by atoms with E-state index in [1.165, 1.54) is 0 Å². The van der Waals surface area contributed by atoms with Crippen LogP contribution >= 0.6 is 38.5 Å². The number of anilines is 2. The summed E-state index contributed by atoms with van der Waals surface area (Å²) in [6, 6.07) is 13.6. The van der Waals surface area contributed by atoms with Crippen molar-refractivity contribution in [1.82, 2.24) is 0 Å². The molecule has 23 heavy (non-hydrogen) atoms. The summed E-state index contributed by atoms with van der Waals surface area (Å²) in [5.74, 6) is -0.101. The molecule has 2 aromatic rings. The zero-order valence-electron chi connectivity index (χ0n) is 12.4. The van der Waals surface area contributed by atoms with Gasteiger partial charge in [0.1, 0.15) is 0 Å². The number of hydrogen-bond acceptors (Lipinski definition) is 3. The van der Waals surface area contributed by atoms with Gasteiger partial charge in [0.2, 0.25) is 0 Å². The Labute approximate surface area is 157 Å². The van der Waals surface area contributed by atoms with Gasteiger partial charge in [-0.15, -0.1) is 0 Å². The Morgan fingerprint density at radius 2 is 1.91 bits per heavy atom. The van der Waals surface area contributed by atoms with Gasteiger partial charge < -0.3 is 15.0 Å². The lowest BCUT2D eigenvalue weighted by Gasteiger charge is -2.30. The van der Waals surface area contributed by atoms with E-state index in [0.29, 0.717) is 18.8 Å². The molecule has 0 aliphatic carbocycles. The van der Waals surface area contributed by atoms with Gasteiger partial charge in [-0.05, 0) is 52.9 Å². The van der Waals surface area contributed by atoms with Gasteiger partial charge in [0.25, 0.3) is 5.91 Å². The number of para-hydroxylation sites is 2. The number of morpholine rings is 1. The number of nitrogens with one attached hydrogen (secondary N) is 1. The molecule has 120 valence electrons. The SMILES string of the molecule is O=C(Nc1ccccc1N1CCOCC1)c1cc(Br)ccc1I. The molecule has 0 radical (unpaired) electrons. The Kier molecular flexibility index (Phi) is 5.55. The van der Waals surface area contributed by atoms with Gasteiger partial charge in [-0.1, -0.05) is 28.1 Å². The van der Waals surface area contributed by atoms with Crippen LogP contribution < -0.4 is 10.2 Å². The van der Waals surface area contributed by atoms with Crippen molar-refractivity contribution in [2.75, 3.05) is 36.5 Å². The number of amides is 1. The van der Waals surface area contributed by atoms with Crippen LogP contribution in [0.15, 0.2) is 46.9 Å². The molecule has 0 saturated carbocycles. The molecule has 6 heteroatoms. The Bertz CT molecular complexity index is 717. The van der Waals surface area contributed by atoms with E-state index in [4.69, 9.17) is 4.74 Å². The van der Waals surface area contributed by atoms with Crippen molar-refractivity contribution < 1.29 is 9.53 Å². The van der Waals surface area contributed by atoms with Crippen molar-refractivity contribution in [1.29, 1.82) is 0 Å². The largest absolute Gasteiger partial charge is 0.378 e. The van der Waals surface area contributed by atoms with Crippen molar-refractivity contribution in [2.24, 2.45) is 0 Å². The third-order valence-corrected chi connectivity index (χ3v) is 5.11. The van der Waals surface area contributed by atoms with Gasteiger partial charge >= 0.3 is 0 Å². The third-order valence-electron chi connectivity index (χ3n) is 3.68. The molecule has 0 bridgehead atoms. The summed E-state index contributed by atoms with van der Waals surface area (Å²) < 4.78 is 7.22. The highest BCUT2D eigenvalue weighted by molar-refractivity contribution is 14.1. The van der Waals surface area contributed by atoms with E-state index in [0.717, 1.165) is 32.5 Å². The molecule has 1 heterocycles. The topological polar surface area (TPSA) is 41.6 Å². The quantitative estimate of drug-likeness (QED) is 0.663. The molecule has 1 N–H and O–H groups in total. The molecule has 2 aromatic carbocycles. The number of ether oxygens (including phenoxy) is 1. The van der Waals surface area contributed by atoms with Crippen LogP contribution in [0.5, 0.6) is 0 Å². The van der Waals surface area contributed by atoms with Crippen LogP contribution in [0, 0.1) is 3.57 Å². The average Bonchev–Trinajstić information content (AvgIpc) is 2.58. The molecule has 3 rings (SSSR count). The van der Waals surface area contributed by atoms with Crippen LogP contribution in [0.4, 0.5) is 11.4 Å². The van der Waals surface area contributed by atoms with Crippen molar-refractivity contribution in [2.45, 2.75) is 0 Å². The first-order chi connectivity index (χ1) is 11.1. The minimum Gasteiger partial charge on any atom is -0.378 e. The first kappa shape index (κ1) is 16.7. The molecule has 1 fully saturated rings. The number of carbonyl (C=O) groups is 1. The van der Waals surface area contributed by atoms with E-state index in [1.807, 2.05) is 42.5 Å². The molecule has 0 unspecified atom stereocenters. The lowest BCUT2D eigenvalue weighted by molar-refractivity contribution is 0.102. The number of benzene rings is 2. The zero-order chi connectivity index (χ0) is 16.2. The fraction of sp³-hybridized carbons (Fsp3) is 0.235. The minimum absolute atomic E-state index is 0.101. The lowest BCUT2D eigenvalue weighted by Crippen LogP contribution is -2.36. The Morgan fingerprint density at radius 3 is 2.70 bits per heavy atom. The second-order valence-electron chi connectivity index (χ2n) is 5.19. The van der Waals surface area contributed by atoms with Crippen molar-refractivity contribution in [3.05, 3.63) is 56.1 Å². The second kappa shape index (κ2) is 7.63. The summed E-state index contributed by atoms with van der Waals surface area (Å²) >= 11 is 5.60. The molecule has 1 aliphatic rings. The van der Waals surface area contributed by atoms with E-state index >= 15 is 0 Å². The Hall–Kier alpha value is -1.12. The molecular weight excluding hydrogens is 471 g/mol. The fourth-order valence-electron chi connectivity index (χ4n) is 2.52. The monoisotopic (exact) mass is 486 g/mol. The van der Waals surface area contributed by atoms with Gasteiger partial charge in [-0.2, -0.15) is 0 Å². The van der Waals surface area contributed by atoms with E-state index in [1.54, 1.807) is 0 Å². The maximum absolute atomic E-state index is 12.6. The van der Waals surface area contributed by atoms with Crippen molar-refractivity contribution >= 4 is 55.8 Å². The highest BCUT2D eigenvalue weighted by Crippen LogP contribution is 2.27. The number of hydrogen-bond donors (Lipinski definition) is 1.